The smallest absolute Gasteiger partial charge is 0.0113 e. The van der Waals surface area contributed by atoms with Gasteiger partial charge in [-0.1, -0.05) is 0 Å². The molecule has 0 saturated carbocycles. The Labute approximate surface area is 107 Å². The Morgan fingerprint density at radius 1 is 1.18 bits per heavy atom. The monoisotopic (exact) mass is 239 g/mol. The van der Waals surface area contributed by atoms with Gasteiger partial charge in [-0.05, 0) is 58.7 Å². The Morgan fingerprint density at radius 3 is 2.53 bits per heavy atom. The van der Waals surface area contributed by atoms with Gasteiger partial charge in [0.1, 0.15) is 0 Å². The molecule has 3 nitrogen and oxygen atoms in total. The van der Waals surface area contributed by atoms with Crippen LogP contribution < -0.4 is 5.32 Å². The van der Waals surface area contributed by atoms with Gasteiger partial charge in [-0.3, -0.25) is 4.90 Å². The summed E-state index contributed by atoms with van der Waals surface area (Å²) in [5, 5.41) is 3.52. The van der Waals surface area contributed by atoms with E-state index in [1.807, 2.05) is 0 Å². The molecular weight excluding hydrogens is 210 g/mol. The molecule has 0 unspecified atom stereocenters. The average Bonchev–Trinajstić information content (AvgIpc) is 2.38. The van der Waals surface area contributed by atoms with Crippen LogP contribution >= 0.6 is 0 Å². The molecule has 3 heteroatoms. The lowest BCUT2D eigenvalue weighted by molar-refractivity contribution is 0.103. The summed E-state index contributed by atoms with van der Waals surface area (Å²) in [5.74, 6) is 0.937. The lowest BCUT2D eigenvalue weighted by Crippen LogP contribution is -2.49. The third kappa shape index (κ3) is 4.23. The van der Waals surface area contributed by atoms with Gasteiger partial charge in [-0.25, -0.2) is 0 Å². The highest BCUT2D eigenvalue weighted by atomic mass is 15.3. The molecule has 0 radical (unpaired) electrons. The fraction of sp³-hybridized carbons (Fsp3) is 1.00. The molecule has 100 valence electrons. The van der Waals surface area contributed by atoms with Crippen molar-refractivity contribution in [2.75, 3.05) is 45.8 Å². The van der Waals surface area contributed by atoms with E-state index >= 15 is 0 Å². The molecule has 0 bridgehead atoms. The predicted octanol–water partition coefficient (Wildman–Crippen LogP) is 1.40. The normalized spacial score (nSPS) is 28.8. The lowest BCUT2D eigenvalue weighted by Gasteiger charge is -2.37. The summed E-state index contributed by atoms with van der Waals surface area (Å²) >= 11 is 0. The van der Waals surface area contributed by atoms with Crippen molar-refractivity contribution >= 4 is 0 Å². The van der Waals surface area contributed by atoms with E-state index in [0.717, 1.165) is 12.0 Å². The molecule has 0 aliphatic carbocycles. The van der Waals surface area contributed by atoms with Crippen LogP contribution in [0.4, 0.5) is 0 Å². The van der Waals surface area contributed by atoms with E-state index in [-0.39, 0.29) is 0 Å². The van der Waals surface area contributed by atoms with Crippen molar-refractivity contribution in [1.82, 2.24) is 15.1 Å². The van der Waals surface area contributed by atoms with E-state index in [2.05, 4.69) is 29.0 Å². The molecule has 17 heavy (non-hydrogen) atoms. The zero-order valence-corrected chi connectivity index (χ0v) is 11.6. The summed E-state index contributed by atoms with van der Waals surface area (Å²) < 4.78 is 0. The van der Waals surface area contributed by atoms with Crippen molar-refractivity contribution in [1.29, 1.82) is 0 Å². The van der Waals surface area contributed by atoms with Crippen LogP contribution in [0.15, 0.2) is 0 Å². The van der Waals surface area contributed by atoms with Gasteiger partial charge in [0, 0.05) is 32.2 Å². The fourth-order valence-corrected chi connectivity index (χ4v) is 3.04. The van der Waals surface area contributed by atoms with Crippen molar-refractivity contribution in [3.05, 3.63) is 0 Å². The van der Waals surface area contributed by atoms with Gasteiger partial charge in [0.2, 0.25) is 0 Å². The second kappa shape index (κ2) is 6.72. The molecule has 2 aliphatic rings. The Bertz CT molecular complexity index is 204. The highest BCUT2D eigenvalue weighted by Crippen LogP contribution is 2.15. The second-order valence-electron chi connectivity index (χ2n) is 5.97. The first-order valence-electron chi connectivity index (χ1n) is 7.43. The zero-order chi connectivity index (χ0) is 12.1. The number of piperazine rings is 1. The highest BCUT2D eigenvalue weighted by Gasteiger charge is 2.20. The molecule has 2 rings (SSSR count). The first kappa shape index (κ1) is 13.3. The highest BCUT2D eigenvalue weighted by molar-refractivity contribution is 4.76. The molecule has 0 aromatic rings. The van der Waals surface area contributed by atoms with Crippen LogP contribution in [0.25, 0.3) is 0 Å². The van der Waals surface area contributed by atoms with Crippen LogP contribution in [-0.2, 0) is 0 Å². The van der Waals surface area contributed by atoms with Gasteiger partial charge in [0.05, 0.1) is 0 Å². The third-order valence-electron chi connectivity index (χ3n) is 4.39. The number of piperidine rings is 1. The molecule has 2 aliphatic heterocycles. The lowest BCUT2D eigenvalue weighted by atomic mass is 9.96. The van der Waals surface area contributed by atoms with E-state index in [4.69, 9.17) is 0 Å². The van der Waals surface area contributed by atoms with Gasteiger partial charge in [0.25, 0.3) is 0 Å². The molecular formula is C14H29N3. The first-order valence-corrected chi connectivity index (χ1v) is 7.43. The summed E-state index contributed by atoms with van der Waals surface area (Å²) in [7, 11) is 0. The quantitative estimate of drug-likeness (QED) is 0.800. The molecule has 0 spiro atoms. The molecule has 1 N–H and O–H groups in total. The molecule has 2 fully saturated rings. The van der Waals surface area contributed by atoms with Crippen molar-refractivity contribution in [2.45, 2.75) is 39.2 Å². The molecule has 2 heterocycles. The largest absolute Gasteiger partial charge is 0.316 e. The van der Waals surface area contributed by atoms with Crippen molar-refractivity contribution in [3.63, 3.8) is 0 Å². The van der Waals surface area contributed by atoms with Crippen LogP contribution in [-0.4, -0.2) is 61.7 Å². The number of hydrogen-bond acceptors (Lipinski definition) is 3. The van der Waals surface area contributed by atoms with Crippen LogP contribution in [0.1, 0.15) is 33.1 Å². The minimum Gasteiger partial charge on any atom is -0.316 e. The Morgan fingerprint density at radius 2 is 1.94 bits per heavy atom. The van der Waals surface area contributed by atoms with E-state index in [9.17, 15) is 0 Å². The summed E-state index contributed by atoms with van der Waals surface area (Å²) in [4.78, 5) is 5.26. The van der Waals surface area contributed by atoms with Crippen molar-refractivity contribution in [2.24, 2.45) is 5.92 Å². The van der Waals surface area contributed by atoms with Gasteiger partial charge in [0.15, 0.2) is 0 Å². The van der Waals surface area contributed by atoms with Gasteiger partial charge < -0.3 is 10.2 Å². The molecule has 0 amide bonds. The topological polar surface area (TPSA) is 18.5 Å². The maximum Gasteiger partial charge on any atom is 0.0113 e. The summed E-state index contributed by atoms with van der Waals surface area (Å²) in [6.07, 6.45) is 4.22. The van der Waals surface area contributed by atoms with Crippen LogP contribution in [0.3, 0.4) is 0 Å². The number of hydrogen-bond donors (Lipinski definition) is 1. The van der Waals surface area contributed by atoms with Crippen LogP contribution in [0.5, 0.6) is 0 Å². The van der Waals surface area contributed by atoms with Gasteiger partial charge in [-0.2, -0.15) is 0 Å². The minimum absolute atomic E-state index is 0.722. The number of nitrogens with one attached hydrogen (secondary N) is 1. The number of rotatable bonds is 4. The zero-order valence-electron chi connectivity index (χ0n) is 11.6. The SMILES string of the molecule is CC(C)N1CCN(CC[C@@H]2CCCNC2)CC1. The maximum atomic E-state index is 3.52. The Kier molecular flexibility index (Phi) is 5.26. The number of nitrogens with zero attached hydrogens (tertiary/aromatic N) is 2. The molecule has 0 aromatic heterocycles. The molecule has 1 atom stereocenters. The molecule has 0 aromatic carbocycles. The Hall–Kier alpha value is -0.120. The first-order chi connectivity index (χ1) is 8.25. The predicted molar refractivity (Wildman–Crippen MR) is 73.4 cm³/mol. The van der Waals surface area contributed by atoms with Crippen molar-refractivity contribution in [3.8, 4) is 0 Å². The maximum absolute atomic E-state index is 3.52. The third-order valence-corrected chi connectivity index (χ3v) is 4.39. The summed E-state index contributed by atoms with van der Waals surface area (Å²) in [6.45, 7) is 13.5. The summed E-state index contributed by atoms with van der Waals surface area (Å²) in [6, 6.07) is 0.722. The van der Waals surface area contributed by atoms with Gasteiger partial charge in [-0.15, -0.1) is 0 Å². The second-order valence-corrected chi connectivity index (χ2v) is 5.97. The summed E-state index contributed by atoms with van der Waals surface area (Å²) in [5.41, 5.74) is 0. The van der Waals surface area contributed by atoms with Crippen LogP contribution in [0, 0.1) is 5.92 Å². The molecule has 2 saturated heterocycles. The average molecular weight is 239 g/mol. The van der Waals surface area contributed by atoms with Crippen LogP contribution in [0.2, 0.25) is 0 Å². The van der Waals surface area contributed by atoms with E-state index in [0.29, 0.717) is 0 Å². The fourth-order valence-electron chi connectivity index (χ4n) is 3.04. The van der Waals surface area contributed by atoms with E-state index < -0.39 is 0 Å². The standard InChI is InChI=1S/C14H29N3/c1-13(2)17-10-8-16(9-11-17)7-5-14-4-3-6-15-12-14/h13-15H,3-12H2,1-2H3/t14-/m0/s1. The Balaban J connectivity index is 1.61. The van der Waals surface area contributed by atoms with E-state index in [1.54, 1.807) is 0 Å². The van der Waals surface area contributed by atoms with Gasteiger partial charge >= 0.3 is 0 Å². The van der Waals surface area contributed by atoms with Crippen molar-refractivity contribution < 1.29 is 0 Å². The minimum atomic E-state index is 0.722. The van der Waals surface area contributed by atoms with E-state index in [1.165, 1.54) is 65.1 Å².